The maximum absolute atomic E-state index is 5.93. The van der Waals surface area contributed by atoms with E-state index in [0.29, 0.717) is 18.1 Å². The molecule has 1 heterocycles. The standard InChI is InChI=1S/C16H23BrO/c1-12-3-6-14(7-4-12)9-15(11-17)10-16-8-5-13(2)18-16/h3-4,6-7,13,15-16H,5,8-11H2,1-2H3. The number of alkyl halides is 1. The van der Waals surface area contributed by atoms with Crippen molar-refractivity contribution in [2.24, 2.45) is 5.92 Å². The van der Waals surface area contributed by atoms with Gasteiger partial charge in [0.2, 0.25) is 0 Å². The summed E-state index contributed by atoms with van der Waals surface area (Å²) in [7, 11) is 0. The van der Waals surface area contributed by atoms with Crippen LogP contribution >= 0.6 is 15.9 Å². The fraction of sp³-hybridized carbons (Fsp3) is 0.625. The monoisotopic (exact) mass is 310 g/mol. The predicted octanol–water partition coefficient (Wildman–Crippen LogP) is 4.51. The Morgan fingerprint density at radius 2 is 2.00 bits per heavy atom. The van der Waals surface area contributed by atoms with Gasteiger partial charge >= 0.3 is 0 Å². The average Bonchev–Trinajstić information content (AvgIpc) is 2.77. The third kappa shape index (κ3) is 4.10. The van der Waals surface area contributed by atoms with E-state index in [1.54, 1.807) is 0 Å². The van der Waals surface area contributed by atoms with Crippen molar-refractivity contribution in [2.45, 2.75) is 51.7 Å². The molecule has 0 radical (unpaired) electrons. The molecule has 0 aliphatic carbocycles. The molecule has 0 amide bonds. The van der Waals surface area contributed by atoms with E-state index in [4.69, 9.17) is 4.74 Å². The maximum Gasteiger partial charge on any atom is 0.0582 e. The van der Waals surface area contributed by atoms with Gasteiger partial charge in [-0.25, -0.2) is 0 Å². The van der Waals surface area contributed by atoms with Gasteiger partial charge in [0.25, 0.3) is 0 Å². The van der Waals surface area contributed by atoms with Gasteiger partial charge in [0, 0.05) is 5.33 Å². The van der Waals surface area contributed by atoms with Crippen molar-refractivity contribution in [3.05, 3.63) is 35.4 Å². The number of ether oxygens (including phenoxy) is 1. The van der Waals surface area contributed by atoms with Crippen molar-refractivity contribution in [2.75, 3.05) is 5.33 Å². The van der Waals surface area contributed by atoms with Gasteiger partial charge in [0.1, 0.15) is 0 Å². The number of hydrogen-bond donors (Lipinski definition) is 0. The molecule has 18 heavy (non-hydrogen) atoms. The van der Waals surface area contributed by atoms with E-state index in [-0.39, 0.29) is 0 Å². The van der Waals surface area contributed by atoms with Gasteiger partial charge in [-0.1, -0.05) is 45.8 Å². The lowest BCUT2D eigenvalue weighted by atomic mass is 9.94. The normalized spacial score (nSPS) is 25.3. The van der Waals surface area contributed by atoms with Crippen LogP contribution in [0.2, 0.25) is 0 Å². The summed E-state index contributed by atoms with van der Waals surface area (Å²) in [6.07, 6.45) is 5.74. The van der Waals surface area contributed by atoms with Crippen molar-refractivity contribution in [1.29, 1.82) is 0 Å². The molecule has 1 fully saturated rings. The zero-order chi connectivity index (χ0) is 13.0. The summed E-state index contributed by atoms with van der Waals surface area (Å²) in [4.78, 5) is 0. The summed E-state index contributed by atoms with van der Waals surface area (Å²) in [5.74, 6) is 0.683. The molecule has 1 aromatic carbocycles. The Labute approximate surface area is 119 Å². The number of benzene rings is 1. The van der Waals surface area contributed by atoms with Crippen LogP contribution in [0.1, 0.15) is 37.3 Å². The summed E-state index contributed by atoms with van der Waals surface area (Å²) >= 11 is 3.65. The number of hydrogen-bond acceptors (Lipinski definition) is 1. The topological polar surface area (TPSA) is 9.23 Å². The van der Waals surface area contributed by atoms with Crippen LogP contribution < -0.4 is 0 Å². The molecule has 1 nitrogen and oxygen atoms in total. The summed E-state index contributed by atoms with van der Waals surface area (Å²) in [6.45, 7) is 4.32. The van der Waals surface area contributed by atoms with E-state index < -0.39 is 0 Å². The molecular weight excluding hydrogens is 288 g/mol. The maximum atomic E-state index is 5.93. The molecule has 1 aromatic rings. The van der Waals surface area contributed by atoms with E-state index >= 15 is 0 Å². The second-order valence-corrected chi connectivity index (χ2v) is 6.24. The average molecular weight is 311 g/mol. The molecule has 2 heteroatoms. The smallest absolute Gasteiger partial charge is 0.0582 e. The van der Waals surface area contributed by atoms with E-state index in [1.165, 1.54) is 30.4 Å². The van der Waals surface area contributed by atoms with Crippen LogP contribution in [-0.2, 0) is 11.2 Å². The van der Waals surface area contributed by atoms with Gasteiger partial charge in [-0.2, -0.15) is 0 Å². The fourth-order valence-electron chi connectivity index (χ4n) is 2.69. The molecule has 0 spiro atoms. The lowest BCUT2D eigenvalue weighted by molar-refractivity contribution is 0.0428. The highest BCUT2D eigenvalue weighted by Gasteiger charge is 2.24. The van der Waals surface area contributed by atoms with Gasteiger partial charge < -0.3 is 4.74 Å². The van der Waals surface area contributed by atoms with Gasteiger partial charge in [0.15, 0.2) is 0 Å². The quantitative estimate of drug-likeness (QED) is 0.727. The Hall–Kier alpha value is -0.340. The zero-order valence-electron chi connectivity index (χ0n) is 11.4. The van der Waals surface area contributed by atoms with Crippen LogP contribution in [-0.4, -0.2) is 17.5 Å². The molecular formula is C16H23BrO. The largest absolute Gasteiger partial charge is 0.375 e. The van der Waals surface area contributed by atoms with Crippen LogP contribution in [0.5, 0.6) is 0 Å². The molecule has 2 rings (SSSR count). The van der Waals surface area contributed by atoms with Crippen LogP contribution in [0.15, 0.2) is 24.3 Å². The summed E-state index contributed by atoms with van der Waals surface area (Å²) in [6, 6.07) is 8.91. The second kappa shape index (κ2) is 6.72. The van der Waals surface area contributed by atoms with Crippen LogP contribution in [0.3, 0.4) is 0 Å². The second-order valence-electron chi connectivity index (χ2n) is 5.59. The van der Waals surface area contributed by atoms with Gasteiger partial charge in [-0.3, -0.25) is 0 Å². The van der Waals surface area contributed by atoms with E-state index in [1.807, 2.05) is 0 Å². The van der Waals surface area contributed by atoms with Gasteiger partial charge in [-0.15, -0.1) is 0 Å². The molecule has 3 unspecified atom stereocenters. The Morgan fingerprint density at radius 1 is 1.28 bits per heavy atom. The summed E-state index contributed by atoms with van der Waals surface area (Å²) in [5.41, 5.74) is 2.78. The molecule has 0 saturated carbocycles. The molecule has 3 atom stereocenters. The minimum atomic E-state index is 0.463. The molecule has 100 valence electrons. The number of halogens is 1. The van der Waals surface area contributed by atoms with Crippen LogP contribution in [0.25, 0.3) is 0 Å². The highest BCUT2D eigenvalue weighted by atomic mass is 79.9. The Morgan fingerprint density at radius 3 is 2.56 bits per heavy atom. The summed E-state index contributed by atoms with van der Waals surface area (Å²) in [5, 5.41) is 1.06. The molecule has 0 N–H and O–H groups in total. The molecule has 1 aliphatic rings. The van der Waals surface area contributed by atoms with Crippen molar-refractivity contribution < 1.29 is 4.74 Å². The Balaban J connectivity index is 1.87. The zero-order valence-corrected chi connectivity index (χ0v) is 12.9. The lowest BCUT2D eigenvalue weighted by Crippen LogP contribution is -2.17. The van der Waals surface area contributed by atoms with Gasteiger partial charge in [-0.05, 0) is 51.0 Å². The highest BCUT2D eigenvalue weighted by molar-refractivity contribution is 9.09. The van der Waals surface area contributed by atoms with Crippen molar-refractivity contribution in [3.8, 4) is 0 Å². The lowest BCUT2D eigenvalue weighted by Gasteiger charge is -2.19. The Kier molecular flexibility index (Phi) is 5.25. The van der Waals surface area contributed by atoms with Crippen LogP contribution in [0, 0.1) is 12.8 Å². The van der Waals surface area contributed by atoms with E-state index in [9.17, 15) is 0 Å². The predicted molar refractivity (Wildman–Crippen MR) is 80.4 cm³/mol. The molecule has 0 bridgehead atoms. The van der Waals surface area contributed by atoms with Gasteiger partial charge in [0.05, 0.1) is 12.2 Å². The number of aryl methyl sites for hydroxylation is 1. The first-order valence-corrected chi connectivity index (χ1v) is 8.06. The third-order valence-corrected chi connectivity index (χ3v) is 4.70. The highest BCUT2D eigenvalue weighted by Crippen LogP contribution is 2.27. The SMILES string of the molecule is Cc1ccc(CC(CBr)CC2CCC(C)O2)cc1. The van der Waals surface area contributed by atoms with Crippen LogP contribution in [0.4, 0.5) is 0 Å². The third-order valence-electron chi connectivity index (χ3n) is 3.78. The van der Waals surface area contributed by atoms with E-state index in [2.05, 4.69) is 54.0 Å². The van der Waals surface area contributed by atoms with Crippen molar-refractivity contribution in [3.63, 3.8) is 0 Å². The minimum Gasteiger partial charge on any atom is -0.375 e. The minimum absolute atomic E-state index is 0.463. The fourth-order valence-corrected chi connectivity index (χ4v) is 3.18. The number of rotatable bonds is 5. The first kappa shape index (κ1) is 14.1. The van der Waals surface area contributed by atoms with Crippen molar-refractivity contribution >= 4 is 15.9 Å². The van der Waals surface area contributed by atoms with E-state index in [0.717, 1.165) is 11.8 Å². The first-order chi connectivity index (χ1) is 8.67. The molecule has 1 saturated heterocycles. The molecule has 0 aromatic heterocycles. The Bertz CT molecular complexity index is 360. The first-order valence-electron chi connectivity index (χ1n) is 6.94. The summed E-state index contributed by atoms with van der Waals surface area (Å²) < 4.78 is 5.93. The van der Waals surface area contributed by atoms with Crippen molar-refractivity contribution in [1.82, 2.24) is 0 Å². The molecule has 1 aliphatic heterocycles.